The second kappa shape index (κ2) is 7.08. The van der Waals surface area contributed by atoms with E-state index in [1.807, 2.05) is 17.9 Å². The Labute approximate surface area is 134 Å². The van der Waals surface area contributed by atoms with E-state index >= 15 is 0 Å². The number of carbonyl (C=O) groups excluding carboxylic acids is 1. The first-order valence-corrected chi connectivity index (χ1v) is 7.72. The Balaban J connectivity index is 1.55. The summed E-state index contributed by atoms with van der Waals surface area (Å²) >= 11 is 0. The average Bonchev–Trinajstić information content (AvgIpc) is 3.08. The summed E-state index contributed by atoms with van der Waals surface area (Å²) in [6.07, 6.45) is 5.16. The molecule has 1 fully saturated rings. The lowest BCUT2D eigenvalue weighted by molar-refractivity contribution is -0.132. The largest absolute Gasteiger partial charge is 0.478 e. The number of aromatic nitrogens is 4. The third-order valence-electron chi connectivity index (χ3n) is 3.68. The van der Waals surface area contributed by atoms with E-state index in [0.717, 1.165) is 0 Å². The lowest BCUT2D eigenvalue weighted by Crippen LogP contribution is -2.50. The van der Waals surface area contributed by atoms with Crippen LogP contribution in [0.15, 0.2) is 30.7 Å². The molecule has 1 aliphatic rings. The first kappa shape index (κ1) is 15.3. The van der Waals surface area contributed by atoms with Gasteiger partial charge in [0.05, 0.1) is 6.61 Å². The van der Waals surface area contributed by atoms with Crippen molar-refractivity contribution in [1.82, 2.24) is 24.6 Å². The third kappa shape index (κ3) is 3.77. The molecule has 0 N–H and O–H groups in total. The molecule has 8 nitrogen and oxygen atoms in total. The Morgan fingerprint density at radius 1 is 1.26 bits per heavy atom. The molecule has 122 valence electrons. The van der Waals surface area contributed by atoms with E-state index in [9.17, 15) is 4.79 Å². The van der Waals surface area contributed by atoms with Crippen molar-refractivity contribution in [1.29, 1.82) is 0 Å². The van der Waals surface area contributed by atoms with E-state index in [1.54, 1.807) is 29.3 Å². The van der Waals surface area contributed by atoms with Crippen molar-refractivity contribution in [2.75, 3.05) is 37.7 Å². The molecule has 2 aromatic rings. The summed E-state index contributed by atoms with van der Waals surface area (Å²) in [7, 11) is 0. The van der Waals surface area contributed by atoms with Crippen LogP contribution >= 0.6 is 0 Å². The van der Waals surface area contributed by atoms with Crippen LogP contribution in [0.1, 0.15) is 6.92 Å². The standard InChI is InChI=1S/C15H20N6O2/c1-2-23-13-4-6-16-15(18-13)20-10-8-19(9-11-20)14(22)12-21-7-3-5-17-21/h3-7H,2,8-12H2,1H3. The summed E-state index contributed by atoms with van der Waals surface area (Å²) in [6.45, 7) is 5.51. The van der Waals surface area contributed by atoms with Crippen LogP contribution in [0.5, 0.6) is 5.88 Å². The zero-order chi connectivity index (χ0) is 16.1. The van der Waals surface area contributed by atoms with Crippen molar-refractivity contribution in [2.24, 2.45) is 0 Å². The smallest absolute Gasteiger partial charge is 0.244 e. The Kier molecular flexibility index (Phi) is 4.70. The second-order valence-electron chi connectivity index (χ2n) is 5.20. The molecule has 1 aliphatic heterocycles. The summed E-state index contributed by atoms with van der Waals surface area (Å²) < 4.78 is 7.05. The molecule has 0 saturated carbocycles. The summed E-state index contributed by atoms with van der Waals surface area (Å²) in [6, 6.07) is 3.56. The lowest BCUT2D eigenvalue weighted by atomic mass is 10.3. The number of rotatable bonds is 5. The van der Waals surface area contributed by atoms with Crippen LogP contribution in [0.3, 0.4) is 0 Å². The highest BCUT2D eigenvalue weighted by molar-refractivity contribution is 5.76. The fraction of sp³-hybridized carbons (Fsp3) is 0.467. The van der Waals surface area contributed by atoms with Crippen LogP contribution in [-0.4, -0.2) is 63.3 Å². The van der Waals surface area contributed by atoms with Crippen molar-refractivity contribution >= 4 is 11.9 Å². The molecule has 1 saturated heterocycles. The summed E-state index contributed by atoms with van der Waals surface area (Å²) in [5, 5.41) is 4.07. The van der Waals surface area contributed by atoms with Crippen molar-refractivity contribution in [3.63, 3.8) is 0 Å². The highest BCUT2D eigenvalue weighted by Gasteiger charge is 2.23. The first-order chi connectivity index (χ1) is 11.3. The number of hydrogen-bond acceptors (Lipinski definition) is 6. The van der Waals surface area contributed by atoms with E-state index in [0.29, 0.717) is 44.6 Å². The van der Waals surface area contributed by atoms with Gasteiger partial charge in [-0.15, -0.1) is 0 Å². The molecule has 2 aromatic heterocycles. The molecule has 23 heavy (non-hydrogen) atoms. The van der Waals surface area contributed by atoms with Crippen LogP contribution in [0.4, 0.5) is 5.95 Å². The van der Waals surface area contributed by atoms with Gasteiger partial charge in [0.15, 0.2) is 0 Å². The monoisotopic (exact) mass is 316 g/mol. The molecule has 3 rings (SSSR count). The number of amides is 1. The molecule has 0 aliphatic carbocycles. The predicted molar refractivity (Wildman–Crippen MR) is 84.2 cm³/mol. The van der Waals surface area contributed by atoms with E-state index in [4.69, 9.17) is 4.74 Å². The molecule has 0 spiro atoms. The number of carbonyl (C=O) groups is 1. The lowest BCUT2D eigenvalue weighted by Gasteiger charge is -2.34. The van der Waals surface area contributed by atoms with Crippen LogP contribution in [0, 0.1) is 0 Å². The maximum Gasteiger partial charge on any atom is 0.244 e. The zero-order valence-electron chi connectivity index (χ0n) is 13.1. The maximum absolute atomic E-state index is 12.2. The Morgan fingerprint density at radius 2 is 2.09 bits per heavy atom. The molecular weight excluding hydrogens is 296 g/mol. The Morgan fingerprint density at radius 3 is 2.78 bits per heavy atom. The van der Waals surface area contributed by atoms with Gasteiger partial charge in [-0.2, -0.15) is 10.1 Å². The number of piperazine rings is 1. The molecule has 8 heteroatoms. The average molecular weight is 316 g/mol. The molecule has 0 aromatic carbocycles. The Bertz CT molecular complexity index is 637. The van der Waals surface area contributed by atoms with Gasteiger partial charge in [-0.3, -0.25) is 9.48 Å². The topological polar surface area (TPSA) is 76.4 Å². The summed E-state index contributed by atoms with van der Waals surface area (Å²) in [4.78, 5) is 24.8. The summed E-state index contributed by atoms with van der Waals surface area (Å²) in [5.74, 6) is 1.31. The minimum absolute atomic E-state index is 0.0809. The quantitative estimate of drug-likeness (QED) is 0.796. The molecule has 0 bridgehead atoms. The van der Waals surface area contributed by atoms with Crippen molar-refractivity contribution in [3.05, 3.63) is 30.7 Å². The van der Waals surface area contributed by atoms with Crippen molar-refractivity contribution < 1.29 is 9.53 Å². The molecule has 1 amide bonds. The molecule has 0 atom stereocenters. The predicted octanol–water partition coefficient (Wildman–Crippen LogP) is 0.421. The van der Waals surface area contributed by atoms with Gasteiger partial charge in [0.25, 0.3) is 0 Å². The fourth-order valence-electron chi connectivity index (χ4n) is 2.50. The fourth-order valence-corrected chi connectivity index (χ4v) is 2.50. The molecule has 3 heterocycles. The number of ether oxygens (including phenoxy) is 1. The Hall–Kier alpha value is -2.64. The van der Waals surface area contributed by atoms with Gasteiger partial charge in [0.2, 0.25) is 17.7 Å². The van der Waals surface area contributed by atoms with Crippen LogP contribution in [0.25, 0.3) is 0 Å². The van der Waals surface area contributed by atoms with Crippen LogP contribution in [0.2, 0.25) is 0 Å². The number of anilines is 1. The minimum Gasteiger partial charge on any atom is -0.478 e. The number of hydrogen-bond donors (Lipinski definition) is 0. The number of nitrogens with zero attached hydrogens (tertiary/aromatic N) is 6. The van der Waals surface area contributed by atoms with E-state index < -0.39 is 0 Å². The van der Waals surface area contributed by atoms with Crippen molar-refractivity contribution in [3.8, 4) is 5.88 Å². The van der Waals surface area contributed by atoms with Gasteiger partial charge >= 0.3 is 0 Å². The van der Waals surface area contributed by atoms with Crippen LogP contribution in [-0.2, 0) is 11.3 Å². The zero-order valence-corrected chi connectivity index (χ0v) is 13.1. The van der Waals surface area contributed by atoms with Gasteiger partial charge in [-0.25, -0.2) is 4.98 Å². The highest BCUT2D eigenvalue weighted by atomic mass is 16.5. The van der Waals surface area contributed by atoms with Gasteiger partial charge in [-0.05, 0) is 13.0 Å². The van der Waals surface area contributed by atoms with Gasteiger partial charge in [0.1, 0.15) is 6.54 Å². The summed E-state index contributed by atoms with van der Waals surface area (Å²) in [5.41, 5.74) is 0. The van der Waals surface area contributed by atoms with Crippen LogP contribution < -0.4 is 9.64 Å². The van der Waals surface area contributed by atoms with Gasteiger partial charge < -0.3 is 14.5 Å². The minimum atomic E-state index is 0.0809. The van der Waals surface area contributed by atoms with E-state index in [1.165, 1.54) is 0 Å². The first-order valence-electron chi connectivity index (χ1n) is 7.72. The molecule has 0 radical (unpaired) electrons. The van der Waals surface area contributed by atoms with Gasteiger partial charge in [-0.1, -0.05) is 0 Å². The second-order valence-corrected chi connectivity index (χ2v) is 5.20. The third-order valence-corrected chi connectivity index (χ3v) is 3.68. The normalized spacial score (nSPS) is 14.8. The SMILES string of the molecule is CCOc1ccnc(N2CCN(C(=O)Cn3cccn3)CC2)n1. The molecule has 0 unspecified atom stereocenters. The maximum atomic E-state index is 12.2. The van der Waals surface area contributed by atoms with E-state index in [2.05, 4.69) is 20.0 Å². The van der Waals surface area contributed by atoms with Gasteiger partial charge in [0, 0.05) is 50.8 Å². The van der Waals surface area contributed by atoms with Crippen molar-refractivity contribution in [2.45, 2.75) is 13.5 Å². The molecular formula is C15H20N6O2. The highest BCUT2D eigenvalue weighted by Crippen LogP contribution is 2.15. The van der Waals surface area contributed by atoms with E-state index in [-0.39, 0.29) is 12.5 Å².